The fraction of sp³-hybridized carbons (Fsp3) is 0.667. The average Bonchev–Trinajstić information content (AvgIpc) is 2.71. The molecule has 2 aliphatic rings. The van der Waals surface area contributed by atoms with E-state index in [-0.39, 0.29) is 24.0 Å². The van der Waals surface area contributed by atoms with Crippen molar-refractivity contribution in [1.82, 2.24) is 10.6 Å². The predicted octanol–water partition coefficient (Wildman–Crippen LogP) is 3.63. The van der Waals surface area contributed by atoms with Gasteiger partial charge in [0.2, 0.25) is 0 Å². The molecule has 1 aromatic rings. The quantitative estimate of drug-likeness (QED) is 0.316. The minimum atomic E-state index is -0.722. The van der Waals surface area contributed by atoms with Crippen molar-refractivity contribution in [3.05, 3.63) is 28.8 Å². The van der Waals surface area contributed by atoms with Crippen LogP contribution in [0.25, 0.3) is 0 Å². The first-order valence-electron chi connectivity index (χ1n) is 10.3. The number of benzene rings is 1. The van der Waals surface area contributed by atoms with E-state index >= 15 is 0 Å². The predicted molar refractivity (Wildman–Crippen MR) is 128 cm³/mol. The van der Waals surface area contributed by atoms with Gasteiger partial charge in [0.1, 0.15) is 5.75 Å². The van der Waals surface area contributed by atoms with Crippen LogP contribution in [0, 0.1) is 0 Å². The topological polar surface area (TPSA) is 73.7 Å². The first-order valence-corrected chi connectivity index (χ1v) is 11.7. The second kappa shape index (κ2) is 11.4. The van der Waals surface area contributed by atoms with Crippen molar-refractivity contribution in [2.24, 2.45) is 4.99 Å². The van der Waals surface area contributed by atoms with Crippen molar-refractivity contribution in [2.45, 2.75) is 76.1 Å². The third kappa shape index (κ3) is 5.84. The normalized spacial score (nSPS) is 23.3. The maximum Gasteiger partial charge on any atom is 0.191 e. The van der Waals surface area contributed by atoms with Crippen LogP contribution in [-0.4, -0.2) is 39.4 Å². The van der Waals surface area contributed by atoms with Crippen LogP contribution >= 0.6 is 24.0 Å². The second-order valence-corrected chi connectivity index (χ2v) is 9.64. The van der Waals surface area contributed by atoms with Gasteiger partial charge in [-0.15, -0.1) is 24.0 Å². The van der Waals surface area contributed by atoms with Gasteiger partial charge in [-0.3, -0.25) is 9.20 Å². The molecule has 7 heteroatoms. The van der Waals surface area contributed by atoms with Gasteiger partial charge < -0.3 is 15.7 Å². The second-order valence-electron chi connectivity index (χ2n) is 7.63. The molecule has 0 heterocycles. The Morgan fingerprint density at radius 1 is 1.25 bits per heavy atom. The Labute approximate surface area is 188 Å². The highest BCUT2D eigenvalue weighted by atomic mass is 127. The van der Waals surface area contributed by atoms with Gasteiger partial charge in [-0.1, -0.05) is 19.4 Å². The van der Waals surface area contributed by atoms with E-state index in [0.717, 1.165) is 55.8 Å². The molecule has 0 aliphatic heterocycles. The van der Waals surface area contributed by atoms with Crippen LogP contribution in [-0.2, 0) is 30.2 Å². The fourth-order valence-electron chi connectivity index (χ4n) is 4.40. The number of fused-ring (bicyclic) bond motifs is 1. The van der Waals surface area contributed by atoms with E-state index in [1.807, 2.05) is 13.0 Å². The van der Waals surface area contributed by atoms with Crippen molar-refractivity contribution in [1.29, 1.82) is 0 Å². The minimum absolute atomic E-state index is 0. The van der Waals surface area contributed by atoms with Gasteiger partial charge in [0, 0.05) is 47.0 Å². The SMILES string of the molecule is CCS(=O)C1CCCC(NC(=NC)NCc2c(O)ccc3c2CCCC3)C1.I. The molecule has 1 fully saturated rings. The molecule has 0 spiro atoms. The Morgan fingerprint density at radius 2 is 2.04 bits per heavy atom. The van der Waals surface area contributed by atoms with Crippen LogP contribution < -0.4 is 10.6 Å². The van der Waals surface area contributed by atoms with Crippen molar-refractivity contribution >= 4 is 40.7 Å². The van der Waals surface area contributed by atoms with Crippen molar-refractivity contribution in [3.63, 3.8) is 0 Å². The number of guanidine groups is 1. The lowest BCUT2D eigenvalue weighted by atomic mass is 9.88. The zero-order chi connectivity index (χ0) is 19.2. The van der Waals surface area contributed by atoms with Crippen LogP contribution in [0.4, 0.5) is 0 Å². The molecule has 3 N–H and O–H groups in total. The summed E-state index contributed by atoms with van der Waals surface area (Å²) in [5, 5.41) is 17.6. The number of aryl methyl sites for hydroxylation is 1. The zero-order valence-corrected chi connectivity index (χ0v) is 20.1. The Balaban J connectivity index is 0.00000280. The number of aliphatic imine (C=N–C) groups is 1. The van der Waals surface area contributed by atoms with Gasteiger partial charge in [-0.25, -0.2) is 0 Å². The van der Waals surface area contributed by atoms with Crippen molar-refractivity contribution < 1.29 is 9.32 Å². The third-order valence-corrected chi connectivity index (χ3v) is 7.65. The smallest absolute Gasteiger partial charge is 0.191 e. The fourth-order valence-corrected chi connectivity index (χ4v) is 5.75. The molecule has 3 rings (SSSR count). The molecule has 158 valence electrons. The molecule has 2 aliphatic carbocycles. The van der Waals surface area contributed by atoms with Gasteiger partial charge in [0.15, 0.2) is 5.96 Å². The summed E-state index contributed by atoms with van der Waals surface area (Å²) in [5.41, 5.74) is 3.68. The zero-order valence-electron chi connectivity index (χ0n) is 17.0. The van der Waals surface area contributed by atoms with Crippen LogP contribution in [0.15, 0.2) is 17.1 Å². The highest BCUT2D eigenvalue weighted by molar-refractivity contribution is 14.0. The number of hydrogen-bond donors (Lipinski definition) is 3. The van der Waals surface area contributed by atoms with Crippen molar-refractivity contribution in [2.75, 3.05) is 12.8 Å². The lowest BCUT2D eigenvalue weighted by Gasteiger charge is -2.30. The van der Waals surface area contributed by atoms with E-state index in [1.165, 1.54) is 24.0 Å². The Kier molecular flexibility index (Phi) is 9.53. The lowest BCUT2D eigenvalue weighted by molar-refractivity contribution is 0.413. The lowest BCUT2D eigenvalue weighted by Crippen LogP contribution is -2.46. The molecular formula is C21H34IN3O2S. The van der Waals surface area contributed by atoms with Gasteiger partial charge in [-0.2, -0.15) is 0 Å². The molecule has 5 nitrogen and oxygen atoms in total. The summed E-state index contributed by atoms with van der Waals surface area (Å²) in [6, 6.07) is 4.20. The van der Waals surface area contributed by atoms with Gasteiger partial charge in [0.25, 0.3) is 0 Å². The van der Waals surface area contributed by atoms with E-state index in [9.17, 15) is 9.32 Å². The number of rotatable bonds is 5. The number of hydrogen-bond acceptors (Lipinski definition) is 3. The monoisotopic (exact) mass is 519 g/mol. The summed E-state index contributed by atoms with van der Waals surface area (Å²) < 4.78 is 12.2. The summed E-state index contributed by atoms with van der Waals surface area (Å²) in [4.78, 5) is 4.37. The third-order valence-electron chi connectivity index (χ3n) is 5.91. The molecule has 1 aromatic carbocycles. The molecule has 3 atom stereocenters. The van der Waals surface area contributed by atoms with E-state index in [1.54, 1.807) is 7.05 Å². The molecule has 0 amide bonds. The van der Waals surface area contributed by atoms with E-state index in [0.29, 0.717) is 23.6 Å². The molecular weight excluding hydrogens is 485 g/mol. The highest BCUT2D eigenvalue weighted by Gasteiger charge is 2.26. The number of halogens is 1. The Morgan fingerprint density at radius 3 is 2.79 bits per heavy atom. The maximum atomic E-state index is 12.2. The average molecular weight is 519 g/mol. The summed E-state index contributed by atoms with van der Waals surface area (Å²) >= 11 is 0. The number of aromatic hydroxyl groups is 1. The number of nitrogens with one attached hydrogen (secondary N) is 2. The molecule has 0 bridgehead atoms. The Hall–Kier alpha value is -0.830. The van der Waals surface area contributed by atoms with Crippen LogP contribution in [0.2, 0.25) is 0 Å². The Bertz CT molecular complexity index is 711. The summed E-state index contributed by atoms with van der Waals surface area (Å²) in [7, 11) is 1.06. The van der Waals surface area contributed by atoms with Crippen LogP contribution in [0.3, 0.4) is 0 Å². The summed E-state index contributed by atoms with van der Waals surface area (Å²) in [5.74, 6) is 1.87. The largest absolute Gasteiger partial charge is 0.508 e. The number of nitrogens with zero attached hydrogens (tertiary/aromatic N) is 1. The van der Waals surface area contributed by atoms with E-state index in [2.05, 4.69) is 21.7 Å². The minimum Gasteiger partial charge on any atom is -0.508 e. The first kappa shape index (κ1) is 23.4. The summed E-state index contributed by atoms with van der Waals surface area (Å²) in [6.07, 6.45) is 8.77. The molecule has 0 saturated heterocycles. The molecule has 28 heavy (non-hydrogen) atoms. The molecule has 0 radical (unpaired) electrons. The van der Waals surface area contributed by atoms with Crippen molar-refractivity contribution in [3.8, 4) is 5.75 Å². The number of phenols is 1. The number of phenolic OH excluding ortho intramolecular Hbond substituents is 1. The van der Waals surface area contributed by atoms with Crippen LogP contribution in [0.1, 0.15) is 62.1 Å². The molecule has 0 aromatic heterocycles. The molecule has 3 unspecified atom stereocenters. The highest BCUT2D eigenvalue weighted by Crippen LogP contribution is 2.30. The molecule has 1 saturated carbocycles. The summed E-state index contributed by atoms with van der Waals surface area (Å²) in [6.45, 7) is 2.58. The first-order chi connectivity index (χ1) is 13.1. The van der Waals surface area contributed by atoms with E-state index in [4.69, 9.17) is 0 Å². The maximum absolute atomic E-state index is 12.2. The van der Waals surface area contributed by atoms with E-state index < -0.39 is 10.8 Å². The van der Waals surface area contributed by atoms with Gasteiger partial charge in [0.05, 0.1) is 0 Å². The van der Waals surface area contributed by atoms with Gasteiger partial charge in [-0.05, 0) is 62.1 Å². The van der Waals surface area contributed by atoms with Gasteiger partial charge >= 0.3 is 0 Å². The standard InChI is InChI=1S/C21H33N3O2S.HI/c1-3-27(26)17-9-6-8-16(13-17)24-21(22-2)23-14-19-18-10-5-4-7-15(18)11-12-20(19)25;/h11-12,16-17,25H,3-10,13-14H2,1-2H3,(H2,22,23,24);1H. The van der Waals surface area contributed by atoms with Crippen LogP contribution in [0.5, 0.6) is 5.75 Å².